The molecule has 1 saturated carbocycles. The number of nitrogens with one attached hydrogen (secondary N) is 3. The number of anilines is 2. The average molecular weight is 465 g/mol. The Morgan fingerprint density at radius 2 is 2.03 bits per heavy atom. The summed E-state index contributed by atoms with van der Waals surface area (Å²) in [5, 5.41) is 7.97. The van der Waals surface area contributed by atoms with Crippen LogP contribution < -0.4 is 15.4 Å². The summed E-state index contributed by atoms with van der Waals surface area (Å²) in [5.41, 5.74) is 3.63. The minimum absolute atomic E-state index is 0.0482. The third-order valence-corrected chi connectivity index (χ3v) is 7.20. The van der Waals surface area contributed by atoms with Crippen molar-refractivity contribution < 1.29 is 17.9 Å². The first-order valence-corrected chi connectivity index (χ1v) is 13.3. The minimum Gasteiger partial charge on any atom is -0.364 e. The van der Waals surface area contributed by atoms with Crippen molar-refractivity contribution in [1.29, 1.82) is 0 Å². The van der Waals surface area contributed by atoms with Gasteiger partial charge in [0.2, 0.25) is 10.0 Å². The van der Waals surface area contributed by atoms with Gasteiger partial charge < -0.3 is 10.1 Å². The molecule has 0 spiro atoms. The van der Waals surface area contributed by atoms with Crippen LogP contribution >= 0.6 is 11.3 Å². The molecule has 2 amide bonds. The fraction of sp³-hybridized carbons (Fsp3) is 0.524. The number of urea groups is 1. The second kappa shape index (κ2) is 9.23. The largest absolute Gasteiger partial charge is 0.364 e. The second-order valence-electron chi connectivity index (χ2n) is 8.30. The summed E-state index contributed by atoms with van der Waals surface area (Å²) in [6, 6.07) is 5.62. The summed E-state index contributed by atoms with van der Waals surface area (Å²) in [6.07, 6.45) is 6.88. The van der Waals surface area contributed by atoms with Crippen LogP contribution in [0, 0.1) is 12.8 Å². The van der Waals surface area contributed by atoms with Crippen LogP contribution in [0.1, 0.15) is 48.6 Å². The van der Waals surface area contributed by atoms with Crippen LogP contribution in [0.5, 0.6) is 0 Å². The molecule has 0 bridgehead atoms. The number of benzene rings is 1. The molecule has 1 aliphatic heterocycles. The number of aryl methyl sites for hydroxylation is 1. The highest BCUT2D eigenvalue weighted by atomic mass is 32.2. The van der Waals surface area contributed by atoms with Gasteiger partial charge in [-0.2, -0.15) is 0 Å². The Labute approximate surface area is 186 Å². The van der Waals surface area contributed by atoms with Gasteiger partial charge in [0, 0.05) is 29.6 Å². The zero-order valence-electron chi connectivity index (χ0n) is 17.7. The SMILES string of the molecule is Cc1ccc(NC(=O)Nc2nc(CCNS(C)(=O)=O)cs2)c(C2OC2C2CCCC2)c1. The zero-order chi connectivity index (χ0) is 22.0. The summed E-state index contributed by atoms with van der Waals surface area (Å²) >= 11 is 1.30. The number of rotatable bonds is 8. The first-order valence-electron chi connectivity index (χ1n) is 10.5. The zero-order valence-corrected chi connectivity index (χ0v) is 19.3. The Kier molecular flexibility index (Phi) is 6.61. The van der Waals surface area contributed by atoms with Crippen LogP contribution in [0.2, 0.25) is 0 Å². The van der Waals surface area contributed by atoms with Gasteiger partial charge in [-0.3, -0.25) is 5.32 Å². The van der Waals surface area contributed by atoms with E-state index >= 15 is 0 Å². The summed E-state index contributed by atoms with van der Waals surface area (Å²) in [7, 11) is -3.22. The molecule has 2 aliphatic rings. The molecule has 3 N–H and O–H groups in total. The molecule has 2 heterocycles. The van der Waals surface area contributed by atoms with Crippen molar-refractivity contribution in [2.75, 3.05) is 23.4 Å². The molecule has 0 radical (unpaired) electrons. The van der Waals surface area contributed by atoms with Gasteiger partial charge in [0.25, 0.3) is 0 Å². The van der Waals surface area contributed by atoms with E-state index in [1.54, 1.807) is 5.38 Å². The molecule has 1 saturated heterocycles. The van der Waals surface area contributed by atoms with E-state index in [1.165, 1.54) is 37.0 Å². The Hall–Kier alpha value is -2.01. The molecule has 10 heteroatoms. The lowest BCUT2D eigenvalue weighted by Gasteiger charge is -2.12. The maximum Gasteiger partial charge on any atom is 0.325 e. The third kappa shape index (κ3) is 6.03. The van der Waals surface area contributed by atoms with E-state index in [0.717, 1.165) is 28.8 Å². The molecule has 2 atom stereocenters. The molecule has 2 unspecified atom stereocenters. The normalized spacial score (nSPS) is 21.2. The minimum atomic E-state index is -3.22. The molecule has 4 rings (SSSR count). The molecule has 2 aromatic rings. The van der Waals surface area contributed by atoms with Crippen LogP contribution in [0.25, 0.3) is 0 Å². The number of carbonyl (C=O) groups is 1. The second-order valence-corrected chi connectivity index (χ2v) is 11.0. The number of sulfonamides is 1. The molecule has 168 valence electrons. The van der Waals surface area contributed by atoms with E-state index in [0.29, 0.717) is 17.5 Å². The van der Waals surface area contributed by atoms with Crippen LogP contribution in [-0.2, 0) is 21.2 Å². The fourth-order valence-corrected chi connectivity index (χ4v) is 5.36. The van der Waals surface area contributed by atoms with Crippen molar-refractivity contribution in [3.63, 3.8) is 0 Å². The van der Waals surface area contributed by atoms with Crippen molar-refractivity contribution in [3.05, 3.63) is 40.4 Å². The first-order chi connectivity index (χ1) is 14.8. The maximum absolute atomic E-state index is 12.6. The third-order valence-electron chi connectivity index (χ3n) is 5.67. The van der Waals surface area contributed by atoms with E-state index in [9.17, 15) is 13.2 Å². The van der Waals surface area contributed by atoms with Crippen LogP contribution in [0.4, 0.5) is 15.6 Å². The highest BCUT2D eigenvalue weighted by Gasteiger charge is 2.47. The number of hydrogen-bond acceptors (Lipinski definition) is 6. The predicted octanol–water partition coefficient (Wildman–Crippen LogP) is 3.82. The van der Waals surface area contributed by atoms with Gasteiger partial charge in [-0.1, -0.05) is 30.5 Å². The van der Waals surface area contributed by atoms with E-state index in [1.807, 2.05) is 19.1 Å². The standard InChI is InChI=1S/C21H28N4O4S2/c1-13-7-8-17(16(11-13)19-18(29-19)14-5-3-4-6-14)24-20(26)25-21-23-15(12-30-21)9-10-22-31(2,27)28/h7-8,11-12,14,18-19,22H,3-6,9-10H2,1-2H3,(H2,23,24,25,26). The van der Waals surface area contributed by atoms with E-state index in [-0.39, 0.29) is 24.8 Å². The number of thiazole rings is 1. The van der Waals surface area contributed by atoms with Crippen molar-refractivity contribution in [2.24, 2.45) is 5.92 Å². The number of epoxide rings is 1. The van der Waals surface area contributed by atoms with Gasteiger partial charge in [0.15, 0.2) is 5.13 Å². The first kappa shape index (κ1) is 22.2. The molecule has 1 aliphatic carbocycles. The van der Waals surface area contributed by atoms with Gasteiger partial charge >= 0.3 is 6.03 Å². The van der Waals surface area contributed by atoms with Gasteiger partial charge in [0.1, 0.15) is 6.10 Å². The van der Waals surface area contributed by atoms with Crippen molar-refractivity contribution in [1.82, 2.24) is 9.71 Å². The van der Waals surface area contributed by atoms with E-state index in [4.69, 9.17) is 4.74 Å². The van der Waals surface area contributed by atoms with Crippen molar-refractivity contribution >= 4 is 38.2 Å². The van der Waals surface area contributed by atoms with Gasteiger partial charge in [-0.25, -0.2) is 22.9 Å². The number of nitrogens with zero attached hydrogens (tertiary/aromatic N) is 1. The highest BCUT2D eigenvalue weighted by molar-refractivity contribution is 7.88. The number of carbonyl (C=O) groups excluding carboxylic acids is 1. The molecule has 31 heavy (non-hydrogen) atoms. The predicted molar refractivity (Wildman–Crippen MR) is 122 cm³/mol. The maximum atomic E-state index is 12.6. The van der Waals surface area contributed by atoms with Crippen LogP contribution in [-0.4, -0.2) is 38.3 Å². The van der Waals surface area contributed by atoms with Gasteiger partial charge in [0.05, 0.1) is 18.1 Å². The summed E-state index contributed by atoms with van der Waals surface area (Å²) in [6.45, 7) is 2.31. The number of aromatic nitrogens is 1. The quantitative estimate of drug-likeness (QED) is 0.514. The highest BCUT2D eigenvalue weighted by Crippen LogP contribution is 2.50. The lowest BCUT2D eigenvalue weighted by Crippen LogP contribution is -2.24. The van der Waals surface area contributed by atoms with Crippen molar-refractivity contribution in [3.8, 4) is 0 Å². The Morgan fingerprint density at radius 1 is 1.26 bits per heavy atom. The monoisotopic (exact) mass is 464 g/mol. The number of hydrogen-bond donors (Lipinski definition) is 3. The lowest BCUT2D eigenvalue weighted by molar-refractivity contribution is 0.262. The topological polar surface area (TPSA) is 113 Å². The number of ether oxygens (including phenoxy) is 1. The summed E-state index contributed by atoms with van der Waals surface area (Å²) < 4.78 is 30.7. The lowest BCUT2D eigenvalue weighted by atomic mass is 9.96. The summed E-state index contributed by atoms with van der Waals surface area (Å²) in [4.78, 5) is 16.9. The summed E-state index contributed by atoms with van der Waals surface area (Å²) in [5.74, 6) is 0.623. The molecule has 2 fully saturated rings. The molecular weight excluding hydrogens is 436 g/mol. The van der Waals surface area contributed by atoms with Crippen LogP contribution in [0.15, 0.2) is 23.6 Å². The Morgan fingerprint density at radius 3 is 2.77 bits per heavy atom. The van der Waals surface area contributed by atoms with E-state index < -0.39 is 10.0 Å². The average Bonchev–Trinajstić information content (AvgIpc) is 3.08. The molecule has 8 nitrogen and oxygen atoms in total. The molecular formula is C21H28N4O4S2. The molecule has 1 aromatic heterocycles. The number of amides is 2. The van der Waals surface area contributed by atoms with Crippen molar-refractivity contribution in [2.45, 2.75) is 51.2 Å². The Balaban J connectivity index is 1.35. The fourth-order valence-electron chi connectivity index (χ4n) is 4.14. The van der Waals surface area contributed by atoms with Gasteiger partial charge in [-0.05, 0) is 31.7 Å². The van der Waals surface area contributed by atoms with Crippen LogP contribution in [0.3, 0.4) is 0 Å². The van der Waals surface area contributed by atoms with E-state index in [2.05, 4.69) is 26.4 Å². The smallest absolute Gasteiger partial charge is 0.325 e. The Bertz CT molecular complexity index is 1050. The molecule has 1 aromatic carbocycles. The van der Waals surface area contributed by atoms with Gasteiger partial charge in [-0.15, -0.1) is 11.3 Å².